The molecule has 2 atom stereocenters. The number of nitrogens with one attached hydrogen (secondary N) is 2. The third-order valence-electron chi connectivity index (χ3n) is 8.59. The first kappa shape index (κ1) is 31.2. The van der Waals surface area contributed by atoms with Crippen molar-refractivity contribution in [2.45, 2.75) is 30.2 Å². The molecule has 0 saturated carbocycles. The van der Waals surface area contributed by atoms with Crippen molar-refractivity contribution >= 4 is 27.3 Å². The molecule has 1 saturated heterocycles. The van der Waals surface area contributed by atoms with Crippen LogP contribution in [-0.4, -0.2) is 52.7 Å². The van der Waals surface area contributed by atoms with Crippen molar-refractivity contribution in [3.8, 4) is 11.5 Å². The number of aromatic nitrogens is 1. The molecule has 2 aliphatic rings. The lowest BCUT2D eigenvalue weighted by Crippen LogP contribution is -2.47. The van der Waals surface area contributed by atoms with Gasteiger partial charge in [0.25, 0.3) is 21.5 Å². The van der Waals surface area contributed by atoms with E-state index in [2.05, 4.69) is 14.9 Å². The Kier molecular flexibility index (Phi) is 8.72. The van der Waals surface area contributed by atoms with Gasteiger partial charge in [-0.05, 0) is 85.0 Å². The maximum absolute atomic E-state index is 13.6. The fourth-order valence-electron chi connectivity index (χ4n) is 6.40. The van der Waals surface area contributed by atoms with Crippen LogP contribution in [0, 0.1) is 11.7 Å². The predicted octanol–water partition coefficient (Wildman–Crippen LogP) is 4.40. The average Bonchev–Trinajstić information content (AvgIpc) is 3.05. The number of benzene rings is 3. The molecule has 2 aliphatic heterocycles. The Morgan fingerprint density at radius 2 is 1.72 bits per heavy atom. The third kappa shape index (κ3) is 6.43. The largest absolute Gasteiger partial charge is 0.493 e. The number of carbonyl (C=O) groups is 1. The number of pyridine rings is 1. The smallest absolute Gasteiger partial charge is 0.261 e. The van der Waals surface area contributed by atoms with Crippen molar-refractivity contribution in [1.82, 2.24) is 9.88 Å². The highest BCUT2D eigenvalue weighted by Crippen LogP contribution is 2.40. The van der Waals surface area contributed by atoms with Gasteiger partial charge in [0, 0.05) is 49.4 Å². The molecule has 1 aromatic heterocycles. The fourth-order valence-corrected chi connectivity index (χ4v) is 7.47. The van der Waals surface area contributed by atoms with E-state index in [4.69, 9.17) is 9.47 Å². The van der Waals surface area contributed by atoms with Crippen molar-refractivity contribution in [3.05, 3.63) is 112 Å². The van der Waals surface area contributed by atoms with Crippen LogP contribution in [0.1, 0.15) is 34.0 Å². The molecular formula is C34H35FN4O6S. The van der Waals surface area contributed by atoms with Gasteiger partial charge < -0.3 is 24.3 Å². The number of anilines is 2. The SMILES string of the molecule is COc1ccc(CCNC(=O)c2ccc(N3CC4CC(C3)c3cccc(=O)n3C4)c(NS(=O)(=O)c3ccc(F)cc3)c2)cc1OC. The Balaban J connectivity index is 1.26. The van der Waals surface area contributed by atoms with E-state index >= 15 is 0 Å². The van der Waals surface area contributed by atoms with E-state index in [0.29, 0.717) is 49.8 Å². The van der Waals surface area contributed by atoms with E-state index in [9.17, 15) is 22.4 Å². The molecular weight excluding hydrogens is 611 g/mol. The minimum Gasteiger partial charge on any atom is -0.493 e. The quantitative estimate of drug-likeness (QED) is 0.262. The van der Waals surface area contributed by atoms with Gasteiger partial charge in [0.2, 0.25) is 0 Å². The number of amides is 1. The van der Waals surface area contributed by atoms with Gasteiger partial charge in [-0.15, -0.1) is 0 Å². The molecule has 3 aromatic carbocycles. The highest BCUT2D eigenvalue weighted by molar-refractivity contribution is 7.92. The lowest BCUT2D eigenvalue weighted by atomic mass is 9.83. The molecule has 0 spiro atoms. The molecule has 10 nitrogen and oxygen atoms in total. The van der Waals surface area contributed by atoms with Gasteiger partial charge in [-0.2, -0.15) is 0 Å². The average molecular weight is 647 g/mol. The van der Waals surface area contributed by atoms with Gasteiger partial charge in [0.15, 0.2) is 11.5 Å². The van der Waals surface area contributed by atoms with Crippen LogP contribution in [0.2, 0.25) is 0 Å². The number of carbonyl (C=O) groups excluding carboxylic acids is 1. The molecule has 46 heavy (non-hydrogen) atoms. The first-order valence-corrected chi connectivity index (χ1v) is 16.5. The van der Waals surface area contributed by atoms with Gasteiger partial charge in [0.1, 0.15) is 5.82 Å². The number of piperidine rings is 1. The van der Waals surface area contributed by atoms with Crippen LogP contribution in [0.5, 0.6) is 11.5 Å². The molecule has 0 aliphatic carbocycles. The van der Waals surface area contributed by atoms with E-state index < -0.39 is 15.8 Å². The van der Waals surface area contributed by atoms with Crippen LogP contribution in [0.3, 0.4) is 0 Å². The molecule has 240 valence electrons. The summed E-state index contributed by atoms with van der Waals surface area (Å²) in [5.74, 6) is 0.567. The molecule has 6 rings (SSSR count). The number of methoxy groups -OCH3 is 2. The summed E-state index contributed by atoms with van der Waals surface area (Å²) in [6.45, 7) is 2.10. The minimum absolute atomic E-state index is 0.0186. The van der Waals surface area contributed by atoms with Gasteiger partial charge in [0.05, 0.1) is 30.5 Å². The van der Waals surface area contributed by atoms with E-state index in [1.54, 1.807) is 44.6 Å². The number of halogens is 1. The van der Waals surface area contributed by atoms with Gasteiger partial charge >= 0.3 is 0 Å². The highest BCUT2D eigenvalue weighted by atomic mass is 32.2. The molecule has 1 amide bonds. The number of ether oxygens (including phenoxy) is 2. The van der Waals surface area contributed by atoms with Crippen molar-refractivity contribution in [1.29, 1.82) is 0 Å². The molecule has 2 bridgehead atoms. The molecule has 1 fully saturated rings. The minimum atomic E-state index is -4.11. The second kappa shape index (κ2) is 12.9. The monoisotopic (exact) mass is 646 g/mol. The van der Waals surface area contributed by atoms with Crippen LogP contribution in [0.4, 0.5) is 15.8 Å². The molecule has 3 heterocycles. The normalized spacial score (nSPS) is 17.2. The van der Waals surface area contributed by atoms with Crippen molar-refractivity contribution in [3.63, 3.8) is 0 Å². The number of sulfonamides is 1. The van der Waals surface area contributed by atoms with E-state index in [-0.39, 0.29) is 39.4 Å². The lowest BCUT2D eigenvalue weighted by molar-refractivity contribution is 0.0954. The molecule has 4 aromatic rings. The molecule has 0 radical (unpaired) electrons. The molecule has 12 heteroatoms. The van der Waals surface area contributed by atoms with Gasteiger partial charge in [-0.1, -0.05) is 12.1 Å². The second-order valence-corrected chi connectivity index (χ2v) is 13.3. The zero-order chi connectivity index (χ0) is 32.4. The van der Waals surface area contributed by atoms with Crippen LogP contribution in [-0.2, 0) is 23.0 Å². The third-order valence-corrected chi connectivity index (χ3v) is 9.98. The highest BCUT2D eigenvalue weighted by Gasteiger charge is 2.35. The molecule has 2 N–H and O–H groups in total. The van der Waals surface area contributed by atoms with Crippen molar-refractivity contribution < 1.29 is 27.1 Å². The van der Waals surface area contributed by atoms with Crippen LogP contribution >= 0.6 is 0 Å². The first-order valence-electron chi connectivity index (χ1n) is 15.0. The standard InChI is InChI=1S/C34H35FN4O6S/c1-44-31-13-6-22(17-32(31)45-2)14-15-36-34(41)24-7-12-30(28(18-24)37-46(42,43)27-10-8-26(35)9-11-27)38-19-23-16-25(21-38)29-4-3-5-33(40)39(29)20-23/h3-13,17-18,23,25,37H,14-16,19-21H2,1-2H3,(H,36,41). The molecule has 2 unspecified atom stereocenters. The summed E-state index contributed by atoms with van der Waals surface area (Å²) in [4.78, 5) is 27.8. The fraction of sp³-hybridized carbons (Fsp3) is 0.294. The predicted molar refractivity (Wildman–Crippen MR) is 173 cm³/mol. The topological polar surface area (TPSA) is 119 Å². The summed E-state index contributed by atoms with van der Waals surface area (Å²) in [5, 5.41) is 2.91. The number of fused-ring (bicyclic) bond motifs is 4. The Labute approximate surface area is 266 Å². The lowest BCUT2D eigenvalue weighted by Gasteiger charge is -2.44. The van der Waals surface area contributed by atoms with Crippen LogP contribution in [0.25, 0.3) is 0 Å². The zero-order valence-electron chi connectivity index (χ0n) is 25.5. The van der Waals surface area contributed by atoms with E-state index in [1.807, 2.05) is 22.8 Å². The number of rotatable bonds is 10. The van der Waals surface area contributed by atoms with Crippen LogP contribution in [0.15, 0.2) is 88.6 Å². The maximum Gasteiger partial charge on any atom is 0.261 e. The summed E-state index contributed by atoms with van der Waals surface area (Å²) >= 11 is 0. The van der Waals surface area contributed by atoms with Gasteiger partial charge in [-0.25, -0.2) is 12.8 Å². The van der Waals surface area contributed by atoms with E-state index in [1.165, 1.54) is 18.2 Å². The zero-order valence-corrected chi connectivity index (χ0v) is 26.3. The first-order chi connectivity index (χ1) is 22.1. The van der Waals surface area contributed by atoms with E-state index in [0.717, 1.165) is 29.8 Å². The summed E-state index contributed by atoms with van der Waals surface area (Å²) in [6, 6.07) is 20.4. The Hall–Kier alpha value is -4.84. The number of hydrogen-bond donors (Lipinski definition) is 2. The number of nitrogens with zero attached hydrogens (tertiary/aromatic N) is 2. The Morgan fingerprint density at radius 1 is 0.935 bits per heavy atom. The van der Waals surface area contributed by atoms with Crippen molar-refractivity contribution in [2.75, 3.05) is 43.5 Å². The number of hydrogen-bond acceptors (Lipinski definition) is 7. The Morgan fingerprint density at radius 3 is 2.48 bits per heavy atom. The van der Waals surface area contributed by atoms with Gasteiger partial charge in [-0.3, -0.25) is 14.3 Å². The summed E-state index contributed by atoms with van der Waals surface area (Å²) < 4.78 is 55.6. The summed E-state index contributed by atoms with van der Waals surface area (Å²) in [5.41, 5.74) is 3.03. The maximum atomic E-state index is 13.6. The second-order valence-electron chi connectivity index (χ2n) is 11.6. The van der Waals surface area contributed by atoms with Crippen molar-refractivity contribution in [2.24, 2.45) is 5.92 Å². The van der Waals surface area contributed by atoms with Crippen LogP contribution < -0.4 is 30.0 Å². The Bertz CT molecular complexity index is 1930. The summed E-state index contributed by atoms with van der Waals surface area (Å²) in [7, 11) is -0.989. The summed E-state index contributed by atoms with van der Waals surface area (Å²) in [6.07, 6.45) is 1.46.